The Hall–Kier alpha value is -5.12. The van der Waals surface area contributed by atoms with Gasteiger partial charge in [-0.05, 0) is 108 Å². The summed E-state index contributed by atoms with van der Waals surface area (Å²) in [6.45, 7) is 0.353. The highest BCUT2D eigenvalue weighted by molar-refractivity contribution is 5.77. The molecule has 2 aliphatic heterocycles. The van der Waals surface area contributed by atoms with Gasteiger partial charge in [-0.1, -0.05) is 0 Å². The second-order valence-electron chi connectivity index (χ2n) is 10.8. The summed E-state index contributed by atoms with van der Waals surface area (Å²) in [5.74, 6) is 6.51. The number of methoxy groups -OCH3 is 6. The van der Waals surface area contributed by atoms with Crippen molar-refractivity contribution in [1.82, 2.24) is 0 Å². The molecule has 10 heteroatoms. The zero-order chi connectivity index (χ0) is 32.2. The van der Waals surface area contributed by atoms with Crippen LogP contribution in [-0.2, 0) is 25.7 Å². The maximum Gasteiger partial charge on any atom is 0.231 e. The molecule has 4 aromatic carbocycles. The van der Waals surface area contributed by atoms with Crippen molar-refractivity contribution in [2.24, 2.45) is 0 Å². The van der Waals surface area contributed by atoms with Crippen LogP contribution in [0.25, 0.3) is 11.1 Å². The van der Waals surface area contributed by atoms with Crippen molar-refractivity contribution < 1.29 is 47.4 Å². The predicted octanol–water partition coefficient (Wildman–Crippen LogP) is 6.43. The molecule has 0 saturated heterocycles. The first kappa shape index (κ1) is 30.9. The highest BCUT2D eigenvalue weighted by Gasteiger charge is 2.23. The summed E-state index contributed by atoms with van der Waals surface area (Å²) in [4.78, 5) is 0. The van der Waals surface area contributed by atoms with Crippen LogP contribution in [0.1, 0.15) is 22.3 Å². The standard InChI is InChI=1S/C36H38O10/c1-37-27-15-23(9-7-21-11-31(41-5)35-33(13-21)43-19-45-35)25(17-29(27)39-3)26-18-30(40-4)28(38-2)16-24(26)10-8-22-12-32(42-6)36-34(14-22)44-20-46-36/h11-18H,7-10,19-20H2,1-6H3. The van der Waals surface area contributed by atoms with Crippen LogP contribution in [0.4, 0.5) is 0 Å². The maximum absolute atomic E-state index is 5.77. The molecule has 0 bridgehead atoms. The summed E-state index contributed by atoms with van der Waals surface area (Å²) in [5.41, 5.74) is 6.28. The molecule has 0 radical (unpaired) electrons. The van der Waals surface area contributed by atoms with Crippen LogP contribution in [0.2, 0.25) is 0 Å². The molecule has 0 spiro atoms. The minimum Gasteiger partial charge on any atom is -0.493 e. The number of fused-ring (bicyclic) bond motifs is 2. The Balaban J connectivity index is 1.40. The highest BCUT2D eigenvalue weighted by Crippen LogP contribution is 2.45. The van der Waals surface area contributed by atoms with Gasteiger partial charge in [-0.25, -0.2) is 0 Å². The molecule has 0 amide bonds. The summed E-state index contributed by atoms with van der Waals surface area (Å²) in [5, 5.41) is 0. The van der Waals surface area contributed by atoms with Gasteiger partial charge in [0.1, 0.15) is 0 Å². The molecular weight excluding hydrogens is 592 g/mol. The lowest BCUT2D eigenvalue weighted by Gasteiger charge is -2.20. The van der Waals surface area contributed by atoms with E-state index in [1.165, 1.54) is 0 Å². The molecule has 0 aromatic heterocycles. The molecule has 0 unspecified atom stereocenters. The molecule has 46 heavy (non-hydrogen) atoms. The fraction of sp³-hybridized carbons (Fsp3) is 0.333. The summed E-state index contributed by atoms with van der Waals surface area (Å²) >= 11 is 0. The monoisotopic (exact) mass is 630 g/mol. The van der Waals surface area contributed by atoms with E-state index in [2.05, 4.69) is 0 Å². The highest BCUT2D eigenvalue weighted by atomic mass is 16.7. The van der Waals surface area contributed by atoms with Crippen LogP contribution in [0.5, 0.6) is 57.5 Å². The SMILES string of the molecule is COc1cc(CCc2cc(OC)c3c(c2)OCO3)c(-c2cc(OC)c(OC)cc2CCc2cc(OC)c3c(c2)OCO3)cc1OC. The van der Waals surface area contributed by atoms with Crippen molar-refractivity contribution in [3.05, 3.63) is 70.8 Å². The van der Waals surface area contributed by atoms with E-state index in [1.807, 2.05) is 48.5 Å². The molecule has 2 aliphatic rings. The van der Waals surface area contributed by atoms with Crippen molar-refractivity contribution in [2.75, 3.05) is 56.2 Å². The van der Waals surface area contributed by atoms with Gasteiger partial charge in [0, 0.05) is 0 Å². The Labute approximate surface area is 268 Å². The molecule has 0 saturated carbocycles. The van der Waals surface area contributed by atoms with Crippen molar-refractivity contribution >= 4 is 0 Å². The first-order valence-electron chi connectivity index (χ1n) is 14.9. The summed E-state index contributed by atoms with van der Waals surface area (Å²) in [6, 6.07) is 16.2. The van der Waals surface area contributed by atoms with Gasteiger partial charge in [0.15, 0.2) is 46.0 Å². The van der Waals surface area contributed by atoms with Gasteiger partial charge in [0.05, 0.1) is 42.7 Å². The lowest BCUT2D eigenvalue weighted by Crippen LogP contribution is -2.03. The number of rotatable bonds is 13. The van der Waals surface area contributed by atoms with Crippen LogP contribution in [-0.4, -0.2) is 56.2 Å². The molecule has 0 atom stereocenters. The molecular formula is C36H38O10. The smallest absolute Gasteiger partial charge is 0.231 e. The normalized spacial score (nSPS) is 12.6. The number of benzene rings is 4. The Morgan fingerprint density at radius 2 is 0.783 bits per heavy atom. The van der Waals surface area contributed by atoms with Crippen molar-refractivity contribution in [2.45, 2.75) is 25.7 Å². The number of aryl methyl sites for hydroxylation is 4. The van der Waals surface area contributed by atoms with Gasteiger partial charge in [0.25, 0.3) is 0 Å². The Kier molecular flexibility index (Phi) is 9.05. The van der Waals surface area contributed by atoms with E-state index >= 15 is 0 Å². The third-order valence-electron chi connectivity index (χ3n) is 8.31. The average Bonchev–Trinajstić information content (AvgIpc) is 3.78. The summed E-state index contributed by atoms with van der Waals surface area (Å²) < 4.78 is 56.7. The van der Waals surface area contributed by atoms with Gasteiger partial charge >= 0.3 is 0 Å². The maximum atomic E-state index is 5.77. The second kappa shape index (κ2) is 13.5. The van der Waals surface area contributed by atoms with E-state index in [0.717, 1.165) is 46.2 Å². The van der Waals surface area contributed by atoms with Crippen molar-refractivity contribution in [1.29, 1.82) is 0 Å². The third-order valence-corrected chi connectivity index (χ3v) is 8.31. The van der Waals surface area contributed by atoms with Gasteiger partial charge in [0.2, 0.25) is 25.1 Å². The zero-order valence-corrected chi connectivity index (χ0v) is 26.9. The fourth-order valence-electron chi connectivity index (χ4n) is 5.97. The number of hydrogen-bond acceptors (Lipinski definition) is 10. The molecule has 0 N–H and O–H groups in total. The van der Waals surface area contributed by atoms with E-state index < -0.39 is 0 Å². The molecule has 2 heterocycles. The van der Waals surface area contributed by atoms with E-state index in [-0.39, 0.29) is 13.6 Å². The topological polar surface area (TPSA) is 92.3 Å². The minimum absolute atomic E-state index is 0.177. The van der Waals surface area contributed by atoms with Gasteiger partial charge in [-0.2, -0.15) is 0 Å². The molecule has 10 nitrogen and oxygen atoms in total. The van der Waals surface area contributed by atoms with E-state index in [4.69, 9.17) is 47.4 Å². The van der Waals surface area contributed by atoms with Gasteiger partial charge < -0.3 is 47.4 Å². The first-order valence-corrected chi connectivity index (χ1v) is 14.9. The zero-order valence-electron chi connectivity index (χ0n) is 26.9. The lowest BCUT2D eigenvalue weighted by atomic mass is 9.89. The Bertz CT molecular complexity index is 1600. The number of ether oxygens (including phenoxy) is 10. The fourth-order valence-corrected chi connectivity index (χ4v) is 5.97. The first-order chi connectivity index (χ1) is 22.5. The minimum atomic E-state index is 0.177. The van der Waals surface area contributed by atoms with E-state index in [9.17, 15) is 0 Å². The average molecular weight is 631 g/mol. The quantitative estimate of drug-likeness (QED) is 0.165. The second-order valence-corrected chi connectivity index (χ2v) is 10.8. The van der Waals surface area contributed by atoms with Crippen LogP contribution in [0, 0.1) is 0 Å². The Morgan fingerprint density at radius 1 is 0.413 bits per heavy atom. The third kappa shape index (κ3) is 5.94. The van der Waals surface area contributed by atoms with E-state index in [1.54, 1.807) is 42.7 Å². The van der Waals surface area contributed by atoms with Gasteiger partial charge in [-0.3, -0.25) is 0 Å². The van der Waals surface area contributed by atoms with Crippen LogP contribution in [0.15, 0.2) is 48.5 Å². The van der Waals surface area contributed by atoms with Crippen LogP contribution < -0.4 is 47.4 Å². The van der Waals surface area contributed by atoms with Crippen LogP contribution >= 0.6 is 0 Å². The molecule has 4 aromatic rings. The molecule has 0 fully saturated rings. The van der Waals surface area contributed by atoms with Crippen molar-refractivity contribution in [3.8, 4) is 68.6 Å². The summed E-state index contributed by atoms with van der Waals surface area (Å²) in [6.07, 6.45) is 2.83. The largest absolute Gasteiger partial charge is 0.493 e. The number of hydrogen-bond donors (Lipinski definition) is 0. The van der Waals surface area contributed by atoms with E-state index in [0.29, 0.717) is 70.3 Å². The summed E-state index contributed by atoms with van der Waals surface area (Å²) in [7, 11) is 9.83. The molecule has 6 rings (SSSR count). The van der Waals surface area contributed by atoms with Gasteiger partial charge in [-0.15, -0.1) is 0 Å². The predicted molar refractivity (Wildman–Crippen MR) is 171 cm³/mol. The Morgan fingerprint density at radius 3 is 1.15 bits per heavy atom. The lowest BCUT2D eigenvalue weighted by molar-refractivity contribution is 0.171. The molecule has 0 aliphatic carbocycles. The van der Waals surface area contributed by atoms with Crippen molar-refractivity contribution in [3.63, 3.8) is 0 Å². The van der Waals surface area contributed by atoms with Crippen LogP contribution in [0.3, 0.4) is 0 Å². The molecule has 242 valence electrons.